The van der Waals surface area contributed by atoms with E-state index < -0.39 is 0 Å². The summed E-state index contributed by atoms with van der Waals surface area (Å²) in [7, 11) is 3.63. The van der Waals surface area contributed by atoms with Crippen LogP contribution in [0.25, 0.3) is 22.2 Å². The highest BCUT2D eigenvalue weighted by molar-refractivity contribution is 9.10. The zero-order chi connectivity index (χ0) is 17.6. The molecule has 0 saturated heterocycles. The number of benzene rings is 1. The Morgan fingerprint density at radius 3 is 2.96 bits per heavy atom. The van der Waals surface area contributed by atoms with Gasteiger partial charge in [-0.05, 0) is 46.1 Å². The first-order valence-electron chi connectivity index (χ1n) is 8.26. The molecule has 1 aliphatic heterocycles. The normalized spacial score (nSPS) is 13.7. The van der Waals surface area contributed by atoms with E-state index in [0.717, 1.165) is 51.8 Å². The molecule has 3 heterocycles. The number of halogens is 2. The fourth-order valence-electron chi connectivity index (χ4n) is 3.58. The molecule has 130 valence electrons. The van der Waals surface area contributed by atoms with Crippen LogP contribution >= 0.6 is 15.9 Å². The van der Waals surface area contributed by atoms with Crippen LogP contribution in [0.15, 0.2) is 35.1 Å². The second-order valence-corrected chi connectivity index (χ2v) is 7.19. The van der Waals surface area contributed by atoms with Gasteiger partial charge in [-0.3, -0.25) is 0 Å². The topological polar surface area (TPSA) is 30.3 Å². The lowest BCUT2D eigenvalue weighted by Gasteiger charge is -2.19. The van der Waals surface area contributed by atoms with Crippen molar-refractivity contribution in [2.24, 2.45) is 7.05 Å². The molecule has 1 aromatic carbocycles. The monoisotopic (exact) mass is 403 g/mol. The minimum atomic E-state index is -0.185. The van der Waals surface area contributed by atoms with Gasteiger partial charge in [0.1, 0.15) is 11.5 Å². The largest absolute Gasteiger partial charge is 0.383 e. The van der Waals surface area contributed by atoms with Crippen molar-refractivity contribution in [3.63, 3.8) is 0 Å². The molecule has 4 nitrogen and oxygen atoms in total. The molecule has 0 aliphatic carbocycles. The zero-order valence-corrected chi connectivity index (χ0v) is 15.8. The Morgan fingerprint density at radius 1 is 1.32 bits per heavy atom. The van der Waals surface area contributed by atoms with E-state index in [4.69, 9.17) is 4.74 Å². The first-order valence-corrected chi connectivity index (χ1v) is 9.05. The van der Waals surface area contributed by atoms with Crippen molar-refractivity contribution in [3.8, 4) is 11.1 Å². The van der Waals surface area contributed by atoms with Gasteiger partial charge in [-0.25, -0.2) is 9.37 Å². The van der Waals surface area contributed by atoms with E-state index in [1.165, 1.54) is 0 Å². The first kappa shape index (κ1) is 16.5. The Kier molecular flexibility index (Phi) is 4.25. The van der Waals surface area contributed by atoms with Gasteiger partial charge in [0, 0.05) is 66.3 Å². The van der Waals surface area contributed by atoms with Gasteiger partial charge < -0.3 is 14.2 Å². The van der Waals surface area contributed by atoms with Crippen LogP contribution in [0.5, 0.6) is 0 Å². The summed E-state index contributed by atoms with van der Waals surface area (Å²) in [5.41, 5.74) is 4.47. The number of nitrogens with zero attached hydrogens (tertiary/aromatic N) is 3. The fourth-order valence-corrected chi connectivity index (χ4v) is 4.09. The number of rotatable bonds is 4. The SMILES string of the molecule is COCCN1CCc2cc(F)c(-c3cn(C)c4nccc(Br)c34)cc21. The zero-order valence-electron chi connectivity index (χ0n) is 14.2. The minimum absolute atomic E-state index is 0.185. The number of aromatic nitrogens is 2. The highest BCUT2D eigenvalue weighted by Crippen LogP contribution is 2.39. The van der Waals surface area contributed by atoms with E-state index in [2.05, 4.69) is 25.8 Å². The fraction of sp³-hybridized carbons (Fsp3) is 0.316. The molecule has 6 heteroatoms. The quantitative estimate of drug-likeness (QED) is 0.655. The van der Waals surface area contributed by atoms with E-state index in [0.29, 0.717) is 12.2 Å². The predicted molar refractivity (Wildman–Crippen MR) is 102 cm³/mol. The van der Waals surface area contributed by atoms with Crippen molar-refractivity contribution >= 4 is 32.7 Å². The van der Waals surface area contributed by atoms with Crippen LogP contribution in [0.1, 0.15) is 5.56 Å². The van der Waals surface area contributed by atoms with Gasteiger partial charge in [0.2, 0.25) is 0 Å². The Bertz CT molecular complexity index is 953. The molecular formula is C19H19BrFN3O. The predicted octanol–water partition coefficient (Wildman–Crippen LogP) is 4.15. The molecule has 0 saturated carbocycles. The molecular weight excluding hydrogens is 385 g/mol. The lowest BCUT2D eigenvalue weighted by Crippen LogP contribution is -2.24. The molecule has 3 aromatic rings. The number of ether oxygens (including phenoxy) is 1. The first-order chi connectivity index (χ1) is 12.1. The average Bonchev–Trinajstić information content (AvgIpc) is 3.14. The molecule has 1 aliphatic rings. The van der Waals surface area contributed by atoms with Gasteiger partial charge in [0.25, 0.3) is 0 Å². The third kappa shape index (κ3) is 2.73. The number of hydrogen-bond donors (Lipinski definition) is 0. The number of hydrogen-bond acceptors (Lipinski definition) is 3. The third-order valence-corrected chi connectivity index (χ3v) is 5.48. The van der Waals surface area contributed by atoms with Crippen molar-refractivity contribution in [2.75, 3.05) is 31.7 Å². The van der Waals surface area contributed by atoms with Gasteiger partial charge >= 0.3 is 0 Å². The maximum absolute atomic E-state index is 14.9. The molecule has 2 aromatic heterocycles. The second-order valence-electron chi connectivity index (χ2n) is 6.34. The molecule has 4 rings (SSSR count). The number of fused-ring (bicyclic) bond motifs is 2. The maximum atomic E-state index is 14.9. The van der Waals surface area contributed by atoms with Crippen LogP contribution in [0.2, 0.25) is 0 Å². The summed E-state index contributed by atoms with van der Waals surface area (Å²) >= 11 is 3.59. The lowest BCUT2D eigenvalue weighted by atomic mass is 10.0. The molecule has 0 amide bonds. The van der Waals surface area contributed by atoms with Crippen molar-refractivity contribution in [1.82, 2.24) is 9.55 Å². The van der Waals surface area contributed by atoms with Crippen molar-refractivity contribution in [2.45, 2.75) is 6.42 Å². The van der Waals surface area contributed by atoms with Crippen LogP contribution in [-0.4, -0.2) is 36.4 Å². The van der Waals surface area contributed by atoms with Crippen LogP contribution in [0.3, 0.4) is 0 Å². The van der Waals surface area contributed by atoms with E-state index in [-0.39, 0.29) is 5.82 Å². The van der Waals surface area contributed by atoms with Crippen molar-refractivity contribution < 1.29 is 9.13 Å². The highest BCUT2D eigenvalue weighted by atomic mass is 79.9. The molecule has 0 bridgehead atoms. The van der Waals surface area contributed by atoms with Gasteiger partial charge in [-0.15, -0.1) is 0 Å². The van der Waals surface area contributed by atoms with E-state index in [9.17, 15) is 4.39 Å². The molecule has 0 spiro atoms. The number of aryl methyl sites for hydroxylation is 1. The van der Waals surface area contributed by atoms with Crippen LogP contribution in [0.4, 0.5) is 10.1 Å². The summed E-state index contributed by atoms with van der Waals surface area (Å²) in [6, 6.07) is 5.55. The van der Waals surface area contributed by atoms with Crippen LogP contribution < -0.4 is 4.90 Å². The number of pyridine rings is 1. The number of anilines is 1. The molecule has 25 heavy (non-hydrogen) atoms. The van der Waals surface area contributed by atoms with E-state index in [1.807, 2.05) is 29.9 Å². The standard InChI is InChI=1S/C19H19BrFN3O/c1-23-11-14(18-15(20)3-5-22-19(18)23)13-10-17-12(9-16(13)21)4-6-24(17)7-8-25-2/h3,5,9-11H,4,6-8H2,1-2H3. The lowest BCUT2D eigenvalue weighted by molar-refractivity contribution is 0.205. The summed E-state index contributed by atoms with van der Waals surface area (Å²) < 4.78 is 22.9. The van der Waals surface area contributed by atoms with Crippen LogP contribution in [0, 0.1) is 5.82 Å². The molecule has 0 fully saturated rings. The van der Waals surface area contributed by atoms with Gasteiger partial charge in [0.05, 0.1) is 6.61 Å². The van der Waals surface area contributed by atoms with Crippen molar-refractivity contribution in [3.05, 3.63) is 46.4 Å². The highest BCUT2D eigenvalue weighted by Gasteiger charge is 2.23. The molecule has 0 unspecified atom stereocenters. The van der Waals surface area contributed by atoms with Gasteiger partial charge in [0.15, 0.2) is 0 Å². The Hall–Kier alpha value is -1.92. The smallest absolute Gasteiger partial charge is 0.141 e. The van der Waals surface area contributed by atoms with Crippen LogP contribution in [-0.2, 0) is 18.2 Å². The summed E-state index contributed by atoms with van der Waals surface area (Å²) in [4.78, 5) is 6.69. The summed E-state index contributed by atoms with van der Waals surface area (Å²) in [5.74, 6) is -0.185. The summed E-state index contributed by atoms with van der Waals surface area (Å²) in [6.07, 6.45) is 4.57. The van der Waals surface area contributed by atoms with E-state index in [1.54, 1.807) is 19.4 Å². The third-order valence-electron chi connectivity index (χ3n) is 4.82. The van der Waals surface area contributed by atoms with Gasteiger partial charge in [-0.1, -0.05) is 0 Å². The van der Waals surface area contributed by atoms with Crippen molar-refractivity contribution in [1.29, 1.82) is 0 Å². The average molecular weight is 404 g/mol. The van der Waals surface area contributed by atoms with Gasteiger partial charge in [-0.2, -0.15) is 0 Å². The molecule has 0 radical (unpaired) electrons. The summed E-state index contributed by atoms with van der Waals surface area (Å²) in [5, 5.41) is 0.935. The Labute approximate surface area is 154 Å². The number of methoxy groups -OCH3 is 1. The maximum Gasteiger partial charge on any atom is 0.141 e. The Morgan fingerprint density at radius 2 is 2.16 bits per heavy atom. The Balaban J connectivity index is 1.87. The minimum Gasteiger partial charge on any atom is -0.383 e. The second kappa shape index (κ2) is 6.42. The van der Waals surface area contributed by atoms with E-state index >= 15 is 0 Å². The molecule has 0 N–H and O–H groups in total. The summed E-state index contributed by atoms with van der Waals surface area (Å²) in [6.45, 7) is 2.38. The molecule has 0 atom stereocenters.